The van der Waals surface area contributed by atoms with E-state index in [9.17, 15) is 4.79 Å². The minimum absolute atomic E-state index is 0.114. The number of rotatable bonds is 4. The van der Waals surface area contributed by atoms with Crippen molar-refractivity contribution in [3.8, 4) is 0 Å². The van der Waals surface area contributed by atoms with Gasteiger partial charge in [0.1, 0.15) is 0 Å². The molecule has 92 valence electrons. The zero-order valence-electron chi connectivity index (χ0n) is 10.5. The fourth-order valence-electron chi connectivity index (χ4n) is 1.78. The van der Waals surface area contributed by atoms with Gasteiger partial charge in [-0.15, -0.1) is 0 Å². The number of hydrogen-bond acceptors (Lipinski definition) is 2. The smallest absolute Gasteiger partial charge is 0.220 e. The van der Waals surface area contributed by atoms with E-state index in [1.165, 1.54) is 0 Å². The third-order valence-electron chi connectivity index (χ3n) is 2.86. The number of carbonyl (C=O) groups excluding carboxylic acids is 1. The van der Waals surface area contributed by atoms with Crippen LogP contribution in [-0.4, -0.2) is 23.7 Å². The van der Waals surface area contributed by atoms with E-state index >= 15 is 0 Å². The molecule has 0 radical (unpaired) electrons. The average Bonchev–Trinajstić information content (AvgIpc) is 2.61. The number of hydrogen-bond donors (Lipinski definition) is 2. The molecule has 1 rings (SSSR count). The Kier molecular flexibility index (Phi) is 4.54. The molecule has 0 saturated heterocycles. The first kappa shape index (κ1) is 13.2. The molecule has 16 heavy (non-hydrogen) atoms. The van der Waals surface area contributed by atoms with Gasteiger partial charge in [-0.3, -0.25) is 4.79 Å². The molecule has 0 aliphatic heterocycles. The van der Waals surface area contributed by atoms with Crippen LogP contribution in [0.4, 0.5) is 0 Å². The van der Waals surface area contributed by atoms with E-state index in [4.69, 9.17) is 5.11 Å². The summed E-state index contributed by atoms with van der Waals surface area (Å²) in [5.41, 5.74) is 0.205. The Hall–Kier alpha value is -0.830. The topological polar surface area (TPSA) is 49.3 Å². The van der Waals surface area contributed by atoms with Gasteiger partial charge in [0, 0.05) is 25.0 Å². The van der Waals surface area contributed by atoms with E-state index < -0.39 is 0 Å². The lowest BCUT2D eigenvalue weighted by molar-refractivity contribution is -0.122. The summed E-state index contributed by atoms with van der Waals surface area (Å²) < 4.78 is 0. The first-order valence-corrected chi connectivity index (χ1v) is 5.99. The minimum Gasteiger partial charge on any atom is -0.396 e. The van der Waals surface area contributed by atoms with Crippen LogP contribution in [0.15, 0.2) is 12.2 Å². The van der Waals surface area contributed by atoms with Crippen molar-refractivity contribution in [2.75, 3.05) is 6.61 Å². The highest BCUT2D eigenvalue weighted by atomic mass is 16.3. The summed E-state index contributed by atoms with van der Waals surface area (Å²) in [6.45, 7) is 6.58. The van der Waals surface area contributed by atoms with Gasteiger partial charge in [0.15, 0.2) is 0 Å². The molecular formula is C13H23NO2. The monoisotopic (exact) mass is 225 g/mol. The van der Waals surface area contributed by atoms with Crippen LogP contribution in [0.1, 0.15) is 40.0 Å². The van der Waals surface area contributed by atoms with E-state index in [2.05, 4.69) is 26.1 Å². The molecule has 3 nitrogen and oxygen atoms in total. The summed E-state index contributed by atoms with van der Waals surface area (Å²) in [5, 5.41) is 11.9. The van der Waals surface area contributed by atoms with E-state index in [1.54, 1.807) is 0 Å². The maximum absolute atomic E-state index is 11.6. The molecule has 1 amide bonds. The van der Waals surface area contributed by atoms with Gasteiger partial charge < -0.3 is 10.4 Å². The molecule has 3 heteroatoms. The highest BCUT2D eigenvalue weighted by Gasteiger charge is 2.20. The van der Waals surface area contributed by atoms with E-state index in [-0.39, 0.29) is 29.9 Å². The molecule has 2 atom stereocenters. The van der Waals surface area contributed by atoms with Gasteiger partial charge in [-0.25, -0.2) is 0 Å². The van der Waals surface area contributed by atoms with Gasteiger partial charge in [0.25, 0.3) is 0 Å². The molecular weight excluding hydrogens is 202 g/mol. The number of amides is 1. The molecule has 0 heterocycles. The Balaban J connectivity index is 2.23. The Labute approximate surface area is 97.9 Å². The zero-order chi connectivity index (χ0) is 12.2. The van der Waals surface area contributed by atoms with Gasteiger partial charge in [-0.05, 0) is 18.3 Å². The van der Waals surface area contributed by atoms with Crippen molar-refractivity contribution < 1.29 is 9.90 Å². The summed E-state index contributed by atoms with van der Waals surface area (Å²) >= 11 is 0. The molecule has 2 N–H and O–H groups in total. The largest absolute Gasteiger partial charge is 0.396 e. The van der Waals surface area contributed by atoms with Crippen LogP contribution in [0, 0.1) is 11.3 Å². The van der Waals surface area contributed by atoms with Crippen molar-refractivity contribution in [2.45, 2.75) is 46.1 Å². The third kappa shape index (κ3) is 4.79. The SMILES string of the molecule is CC(C)(C)CCC(=O)N[C@@H]1C=C[C@H](CO)C1. The lowest BCUT2D eigenvalue weighted by Gasteiger charge is -2.18. The third-order valence-corrected chi connectivity index (χ3v) is 2.86. The minimum atomic E-state index is 0.114. The van der Waals surface area contributed by atoms with Crippen molar-refractivity contribution in [3.05, 3.63) is 12.2 Å². The van der Waals surface area contributed by atoms with Crippen LogP contribution in [0.3, 0.4) is 0 Å². The Morgan fingerprint density at radius 3 is 2.62 bits per heavy atom. The van der Waals surface area contributed by atoms with Crippen LogP contribution < -0.4 is 5.32 Å². The van der Waals surface area contributed by atoms with Crippen molar-refractivity contribution in [2.24, 2.45) is 11.3 Å². The number of aliphatic hydroxyl groups is 1. The molecule has 1 aliphatic rings. The average molecular weight is 225 g/mol. The summed E-state index contributed by atoms with van der Waals surface area (Å²) in [4.78, 5) is 11.6. The quantitative estimate of drug-likeness (QED) is 0.718. The fourth-order valence-corrected chi connectivity index (χ4v) is 1.78. The van der Waals surface area contributed by atoms with Gasteiger partial charge in [-0.2, -0.15) is 0 Å². The second kappa shape index (κ2) is 5.48. The number of carbonyl (C=O) groups is 1. The fraction of sp³-hybridized carbons (Fsp3) is 0.769. The molecule has 1 aliphatic carbocycles. The summed E-state index contributed by atoms with van der Waals surface area (Å²) in [7, 11) is 0. The van der Waals surface area contributed by atoms with E-state index in [1.807, 2.05) is 12.2 Å². The van der Waals surface area contributed by atoms with Gasteiger partial charge in [-0.1, -0.05) is 32.9 Å². The van der Waals surface area contributed by atoms with Gasteiger partial charge in [0.05, 0.1) is 0 Å². The highest BCUT2D eigenvalue weighted by Crippen LogP contribution is 2.21. The molecule has 0 aromatic carbocycles. The van der Waals surface area contributed by atoms with Crippen molar-refractivity contribution >= 4 is 5.91 Å². The molecule has 0 unspecified atom stereocenters. The molecule has 0 fully saturated rings. The normalized spacial score (nSPS) is 24.8. The lowest BCUT2D eigenvalue weighted by Crippen LogP contribution is -2.33. The first-order chi connectivity index (χ1) is 7.40. The Morgan fingerprint density at radius 2 is 2.12 bits per heavy atom. The van der Waals surface area contributed by atoms with Crippen LogP contribution in [0.25, 0.3) is 0 Å². The Morgan fingerprint density at radius 1 is 1.44 bits per heavy atom. The van der Waals surface area contributed by atoms with Crippen LogP contribution in [-0.2, 0) is 4.79 Å². The second-order valence-corrected chi connectivity index (χ2v) is 5.80. The molecule has 0 bridgehead atoms. The molecule has 0 spiro atoms. The first-order valence-electron chi connectivity index (χ1n) is 5.99. The van der Waals surface area contributed by atoms with E-state index in [0.717, 1.165) is 12.8 Å². The van der Waals surface area contributed by atoms with Crippen molar-refractivity contribution in [3.63, 3.8) is 0 Å². The predicted octanol–water partition coefficient (Wildman–Crippen LogP) is 1.87. The maximum atomic E-state index is 11.6. The van der Waals surface area contributed by atoms with E-state index in [0.29, 0.717) is 6.42 Å². The van der Waals surface area contributed by atoms with Gasteiger partial charge in [0.2, 0.25) is 5.91 Å². The Bertz CT molecular complexity index is 266. The van der Waals surface area contributed by atoms with Gasteiger partial charge >= 0.3 is 0 Å². The maximum Gasteiger partial charge on any atom is 0.220 e. The number of aliphatic hydroxyl groups excluding tert-OH is 1. The van der Waals surface area contributed by atoms with Crippen LogP contribution >= 0.6 is 0 Å². The van der Waals surface area contributed by atoms with Crippen molar-refractivity contribution in [1.82, 2.24) is 5.32 Å². The standard InChI is InChI=1S/C13H23NO2/c1-13(2,3)7-6-12(16)14-11-5-4-10(8-11)9-15/h4-5,10-11,15H,6-9H2,1-3H3,(H,14,16)/t10-,11+/m0/s1. The summed E-state index contributed by atoms with van der Waals surface area (Å²) in [5.74, 6) is 0.330. The van der Waals surface area contributed by atoms with Crippen LogP contribution in [0.2, 0.25) is 0 Å². The van der Waals surface area contributed by atoms with Crippen LogP contribution in [0.5, 0.6) is 0 Å². The predicted molar refractivity (Wildman–Crippen MR) is 65.0 cm³/mol. The molecule has 0 saturated carbocycles. The summed E-state index contributed by atoms with van der Waals surface area (Å²) in [6, 6.07) is 0.115. The molecule has 0 aromatic rings. The summed E-state index contributed by atoms with van der Waals surface area (Å²) in [6.07, 6.45) is 6.28. The zero-order valence-corrected chi connectivity index (χ0v) is 10.5. The lowest BCUT2D eigenvalue weighted by atomic mass is 9.90. The highest BCUT2D eigenvalue weighted by molar-refractivity contribution is 5.76. The second-order valence-electron chi connectivity index (χ2n) is 5.80. The molecule has 0 aromatic heterocycles. The van der Waals surface area contributed by atoms with Crippen molar-refractivity contribution in [1.29, 1.82) is 0 Å². The number of nitrogens with one attached hydrogen (secondary N) is 1.